The summed E-state index contributed by atoms with van der Waals surface area (Å²) in [4.78, 5) is 64.4. The van der Waals surface area contributed by atoms with Gasteiger partial charge in [-0.1, -0.05) is 19.3 Å². The van der Waals surface area contributed by atoms with Crippen molar-refractivity contribution in [2.75, 3.05) is 13.2 Å². The highest BCUT2D eigenvalue weighted by Crippen LogP contribution is 2.31. The normalized spacial score (nSPS) is 15.9. The van der Waals surface area contributed by atoms with Crippen LogP contribution in [0.3, 0.4) is 0 Å². The molecule has 1 saturated carbocycles. The zero-order chi connectivity index (χ0) is 24.2. The fourth-order valence-electron chi connectivity index (χ4n) is 4.37. The second-order valence-corrected chi connectivity index (χ2v) is 9.70. The van der Waals surface area contributed by atoms with Crippen molar-refractivity contribution in [1.29, 1.82) is 0 Å². The summed E-state index contributed by atoms with van der Waals surface area (Å²) in [5.41, 5.74) is 0.632. The summed E-state index contributed by atoms with van der Waals surface area (Å²) in [5.74, 6) is -1.86. The van der Waals surface area contributed by atoms with Gasteiger partial charge in [0.25, 0.3) is 11.8 Å². The van der Waals surface area contributed by atoms with E-state index in [0.717, 1.165) is 37.0 Å². The van der Waals surface area contributed by atoms with Crippen LogP contribution in [0.25, 0.3) is 0 Å². The molecule has 0 spiro atoms. The van der Waals surface area contributed by atoms with Gasteiger partial charge in [-0.3, -0.25) is 24.1 Å². The first-order chi connectivity index (χ1) is 16.3. The Morgan fingerprint density at radius 3 is 2.50 bits per heavy atom. The van der Waals surface area contributed by atoms with Crippen LogP contribution in [0.2, 0.25) is 0 Å². The number of hydrogen-bond acceptors (Lipinski definition) is 7. The van der Waals surface area contributed by atoms with Crippen LogP contribution in [0.1, 0.15) is 84.7 Å². The maximum Gasteiger partial charge on any atom is 0.338 e. The molecule has 1 aliphatic heterocycles. The van der Waals surface area contributed by atoms with Crippen LogP contribution >= 0.6 is 11.3 Å². The first-order valence-corrected chi connectivity index (χ1v) is 12.2. The summed E-state index contributed by atoms with van der Waals surface area (Å²) >= 11 is 1.29. The quantitative estimate of drug-likeness (QED) is 0.351. The number of nitrogens with zero attached hydrogens (tertiary/aromatic N) is 1. The second-order valence-electron chi connectivity index (χ2n) is 8.53. The van der Waals surface area contributed by atoms with Gasteiger partial charge in [-0.25, -0.2) is 4.79 Å². The Hall–Kier alpha value is -3.33. The Kier molecular flexibility index (Phi) is 7.21. The minimum Gasteiger partial charge on any atom is -0.454 e. The van der Waals surface area contributed by atoms with Crippen LogP contribution in [0.4, 0.5) is 0 Å². The van der Waals surface area contributed by atoms with Crippen molar-refractivity contribution in [3.63, 3.8) is 0 Å². The summed E-state index contributed by atoms with van der Waals surface area (Å²) in [6.45, 7) is 1.50. The van der Waals surface area contributed by atoms with Crippen molar-refractivity contribution in [2.45, 2.75) is 51.5 Å². The first kappa shape index (κ1) is 23.8. The van der Waals surface area contributed by atoms with E-state index in [-0.39, 0.29) is 40.7 Å². The number of carbonyl (C=O) groups is 5. The Labute approximate surface area is 201 Å². The number of esters is 1. The molecule has 1 aliphatic carbocycles. The molecule has 1 aromatic carbocycles. The number of ketones is 1. The minimum absolute atomic E-state index is 0.0943. The number of rotatable bonds is 8. The number of thiophene rings is 1. The minimum atomic E-state index is -0.727. The maximum absolute atomic E-state index is 12.9. The van der Waals surface area contributed by atoms with Gasteiger partial charge in [0.2, 0.25) is 11.7 Å². The molecule has 0 atom stereocenters. The molecule has 2 aromatic rings. The third kappa shape index (κ3) is 5.09. The fourth-order valence-corrected chi connectivity index (χ4v) is 5.30. The molecule has 1 N–H and O–H groups in total. The number of fused-ring (bicyclic) bond motifs is 1. The topological polar surface area (TPSA) is 110 Å². The third-order valence-corrected chi connectivity index (χ3v) is 7.30. The molecule has 0 unspecified atom stereocenters. The fraction of sp³-hybridized carbons (Fsp3) is 0.400. The maximum atomic E-state index is 12.9. The number of hydrogen-bond donors (Lipinski definition) is 1. The van der Waals surface area contributed by atoms with Gasteiger partial charge in [-0.2, -0.15) is 0 Å². The Morgan fingerprint density at radius 2 is 1.76 bits per heavy atom. The average Bonchev–Trinajstić information content (AvgIpc) is 3.40. The molecule has 3 amide bonds. The zero-order valence-electron chi connectivity index (χ0n) is 18.9. The molecule has 34 heavy (non-hydrogen) atoms. The predicted octanol–water partition coefficient (Wildman–Crippen LogP) is 3.40. The lowest BCUT2D eigenvalue weighted by molar-refractivity contribution is -0.118. The van der Waals surface area contributed by atoms with E-state index in [1.165, 1.54) is 41.4 Å². The Morgan fingerprint density at radius 1 is 1.03 bits per heavy atom. The van der Waals surface area contributed by atoms with Gasteiger partial charge in [0.15, 0.2) is 6.61 Å². The summed E-state index contributed by atoms with van der Waals surface area (Å²) in [5, 5.41) is 2.70. The molecule has 1 fully saturated rings. The van der Waals surface area contributed by atoms with Crippen LogP contribution in [0.15, 0.2) is 30.3 Å². The summed E-state index contributed by atoms with van der Waals surface area (Å²) in [6.07, 6.45) is 5.31. The van der Waals surface area contributed by atoms with Gasteiger partial charge in [-0.15, -0.1) is 11.3 Å². The molecule has 2 aliphatic rings. The van der Waals surface area contributed by atoms with E-state index < -0.39 is 12.6 Å². The molecule has 2 heterocycles. The number of imide groups is 1. The first-order valence-electron chi connectivity index (χ1n) is 11.4. The molecule has 4 rings (SSSR count). The summed E-state index contributed by atoms with van der Waals surface area (Å²) < 4.78 is 5.18. The predicted molar refractivity (Wildman–Crippen MR) is 125 cm³/mol. The van der Waals surface area contributed by atoms with E-state index in [2.05, 4.69) is 5.32 Å². The van der Waals surface area contributed by atoms with Crippen LogP contribution in [-0.2, 0) is 16.0 Å². The van der Waals surface area contributed by atoms with Gasteiger partial charge in [-0.05, 0) is 49.6 Å². The molecule has 0 radical (unpaired) electrons. The Balaban J connectivity index is 1.36. The van der Waals surface area contributed by atoms with Gasteiger partial charge in [0.1, 0.15) is 0 Å². The molecular weight excluding hydrogens is 456 g/mol. The van der Waals surface area contributed by atoms with E-state index >= 15 is 0 Å². The highest BCUT2D eigenvalue weighted by molar-refractivity contribution is 7.14. The number of carbonyl (C=O) groups excluding carboxylic acids is 5. The van der Waals surface area contributed by atoms with Crippen LogP contribution in [-0.4, -0.2) is 53.6 Å². The highest BCUT2D eigenvalue weighted by Gasteiger charge is 2.40. The summed E-state index contributed by atoms with van der Waals surface area (Å²) in [7, 11) is 0. The van der Waals surface area contributed by atoms with Crippen molar-refractivity contribution in [3.8, 4) is 0 Å². The molecule has 1 aromatic heterocycles. The standard InChI is InChI=1S/C25H26N2O6S/c1-15(28)26-12-11-18-8-10-22(34-18)21(29)14-33-25(32)16-7-9-19-20(13-16)24(31)27(23(19)30)17-5-3-2-4-6-17/h7-10,13,17H,2-6,11-12,14H2,1H3,(H,26,28). The third-order valence-electron chi connectivity index (χ3n) is 6.11. The van der Waals surface area contributed by atoms with Crippen LogP contribution < -0.4 is 5.32 Å². The van der Waals surface area contributed by atoms with E-state index in [0.29, 0.717) is 23.4 Å². The van der Waals surface area contributed by atoms with E-state index in [1.54, 1.807) is 6.07 Å². The molecule has 9 heteroatoms. The van der Waals surface area contributed by atoms with E-state index in [4.69, 9.17) is 4.74 Å². The monoisotopic (exact) mass is 482 g/mol. The number of ether oxygens (including phenoxy) is 1. The average molecular weight is 483 g/mol. The Bertz CT molecular complexity index is 1150. The second kappa shape index (κ2) is 10.3. The van der Waals surface area contributed by atoms with Gasteiger partial charge in [0.05, 0.1) is 21.6 Å². The molecule has 178 valence electrons. The van der Waals surface area contributed by atoms with Crippen molar-refractivity contribution in [1.82, 2.24) is 10.2 Å². The number of benzene rings is 1. The highest BCUT2D eigenvalue weighted by atomic mass is 32.1. The van der Waals surface area contributed by atoms with Crippen molar-refractivity contribution in [2.24, 2.45) is 0 Å². The smallest absolute Gasteiger partial charge is 0.338 e. The van der Waals surface area contributed by atoms with Crippen molar-refractivity contribution < 1.29 is 28.7 Å². The lowest BCUT2D eigenvalue weighted by Gasteiger charge is -2.29. The van der Waals surface area contributed by atoms with Gasteiger partial charge < -0.3 is 10.1 Å². The molecule has 0 bridgehead atoms. The number of Topliss-reactive ketones (excluding diaryl/α,β-unsaturated/α-hetero) is 1. The van der Waals surface area contributed by atoms with Crippen molar-refractivity contribution >= 4 is 40.8 Å². The van der Waals surface area contributed by atoms with E-state index in [9.17, 15) is 24.0 Å². The van der Waals surface area contributed by atoms with Crippen LogP contribution in [0.5, 0.6) is 0 Å². The lowest BCUT2D eigenvalue weighted by atomic mass is 9.94. The van der Waals surface area contributed by atoms with Crippen LogP contribution in [0, 0.1) is 0 Å². The van der Waals surface area contributed by atoms with Crippen molar-refractivity contribution in [3.05, 3.63) is 56.8 Å². The number of nitrogens with one attached hydrogen (secondary N) is 1. The number of amides is 3. The summed E-state index contributed by atoms with van der Waals surface area (Å²) in [6, 6.07) is 7.70. The van der Waals surface area contributed by atoms with E-state index in [1.807, 2.05) is 6.07 Å². The zero-order valence-corrected chi connectivity index (χ0v) is 19.7. The van der Waals surface area contributed by atoms with Gasteiger partial charge in [0, 0.05) is 24.4 Å². The molecular formula is C25H26N2O6S. The molecule has 0 saturated heterocycles. The SMILES string of the molecule is CC(=O)NCCc1ccc(C(=O)COC(=O)c2ccc3c(c2)C(=O)N(C2CCCCC2)C3=O)s1. The van der Waals surface area contributed by atoms with Gasteiger partial charge >= 0.3 is 5.97 Å². The largest absolute Gasteiger partial charge is 0.454 e. The lowest BCUT2D eigenvalue weighted by Crippen LogP contribution is -2.40. The molecule has 8 nitrogen and oxygen atoms in total.